The predicted octanol–water partition coefficient (Wildman–Crippen LogP) is 4.17. The molecule has 1 amide bonds. The molecule has 0 bridgehead atoms. The summed E-state index contributed by atoms with van der Waals surface area (Å²) in [6.07, 6.45) is -2.22. The normalized spacial score (nSPS) is 11.4. The van der Waals surface area contributed by atoms with E-state index in [0.29, 0.717) is 5.56 Å². The molecule has 9 heteroatoms. The number of nitrogens with zero attached hydrogens (tertiary/aromatic N) is 2. The van der Waals surface area contributed by atoms with E-state index in [4.69, 9.17) is 0 Å². The first kappa shape index (κ1) is 20.0. The number of ether oxygens (including phenoxy) is 1. The van der Waals surface area contributed by atoms with E-state index < -0.39 is 17.2 Å². The standard InChI is InChI=1S/C18H15F3N2O4/c1-22(12-13-6-9-15(10-7-13)27-18(19,20)21)17(24)11-8-14-4-2-3-5-16(14)23(25)26/h2-11H,12H2,1H3/b11-8+. The quantitative estimate of drug-likeness (QED) is 0.428. The highest BCUT2D eigenvalue weighted by molar-refractivity contribution is 5.92. The Labute approximate surface area is 152 Å². The van der Waals surface area contributed by atoms with Gasteiger partial charge in [-0.1, -0.05) is 24.3 Å². The third-order valence-corrected chi connectivity index (χ3v) is 3.49. The molecule has 0 saturated carbocycles. The van der Waals surface area contributed by atoms with Crippen molar-refractivity contribution >= 4 is 17.7 Å². The molecule has 0 aliphatic carbocycles. The summed E-state index contributed by atoms with van der Waals surface area (Å²) in [4.78, 5) is 23.9. The number of hydrogen-bond donors (Lipinski definition) is 0. The molecular formula is C18H15F3N2O4. The predicted molar refractivity (Wildman–Crippen MR) is 91.7 cm³/mol. The van der Waals surface area contributed by atoms with E-state index >= 15 is 0 Å². The van der Waals surface area contributed by atoms with Crippen molar-refractivity contribution in [1.82, 2.24) is 4.90 Å². The molecule has 0 atom stereocenters. The van der Waals surface area contributed by atoms with Crippen LogP contribution in [0.25, 0.3) is 6.08 Å². The van der Waals surface area contributed by atoms with Gasteiger partial charge in [-0.3, -0.25) is 14.9 Å². The SMILES string of the molecule is CN(Cc1ccc(OC(F)(F)F)cc1)C(=O)/C=C/c1ccccc1[N+](=O)[O-]. The fourth-order valence-electron chi connectivity index (χ4n) is 2.23. The maximum Gasteiger partial charge on any atom is 0.573 e. The van der Waals surface area contributed by atoms with Gasteiger partial charge in [0, 0.05) is 25.7 Å². The van der Waals surface area contributed by atoms with Gasteiger partial charge in [-0.15, -0.1) is 13.2 Å². The molecule has 142 valence electrons. The Morgan fingerprint density at radius 3 is 2.41 bits per heavy atom. The molecule has 2 rings (SSSR count). The van der Waals surface area contributed by atoms with Gasteiger partial charge in [-0.05, 0) is 29.8 Å². The van der Waals surface area contributed by atoms with Crippen LogP contribution in [0.4, 0.5) is 18.9 Å². The number of carbonyl (C=O) groups excluding carboxylic acids is 1. The smallest absolute Gasteiger partial charge is 0.406 e. The summed E-state index contributed by atoms with van der Waals surface area (Å²) in [6.45, 7) is 0.145. The van der Waals surface area contributed by atoms with Crippen molar-refractivity contribution < 1.29 is 27.6 Å². The van der Waals surface area contributed by atoms with Crippen molar-refractivity contribution in [3.8, 4) is 5.75 Å². The summed E-state index contributed by atoms with van der Waals surface area (Å²) >= 11 is 0. The van der Waals surface area contributed by atoms with Crippen LogP contribution in [0.15, 0.2) is 54.6 Å². The molecule has 2 aromatic rings. The highest BCUT2D eigenvalue weighted by atomic mass is 19.4. The third kappa shape index (κ3) is 6.14. The number of rotatable bonds is 6. The van der Waals surface area contributed by atoms with Crippen LogP contribution in [-0.4, -0.2) is 29.1 Å². The zero-order valence-corrected chi connectivity index (χ0v) is 14.1. The van der Waals surface area contributed by atoms with Crippen molar-refractivity contribution in [3.63, 3.8) is 0 Å². The molecule has 0 N–H and O–H groups in total. The largest absolute Gasteiger partial charge is 0.573 e. The fraction of sp³-hybridized carbons (Fsp3) is 0.167. The number of likely N-dealkylation sites (N-methyl/N-ethyl adjacent to an activating group) is 1. The summed E-state index contributed by atoms with van der Waals surface area (Å²) in [5, 5.41) is 11.0. The first-order valence-electron chi connectivity index (χ1n) is 7.67. The highest BCUT2D eigenvalue weighted by Crippen LogP contribution is 2.23. The number of hydrogen-bond acceptors (Lipinski definition) is 4. The lowest BCUT2D eigenvalue weighted by Crippen LogP contribution is -2.24. The molecule has 0 radical (unpaired) electrons. The van der Waals surface area contributed by atoms with Gasteiger partial charge in [0.25, 0.3) is 5.69 Å². The van der Waals surface area contributed by atoms with Crippen LogP contribution in [0.1, 0.15) is 11.1 Å². The third-order valence-electron chi connectivity index (χ3n) is 3.49. The van der Waals surface area contributed by atoms with Crippen molar-refractivity contribution in [1.29, 1.82) is 0 Å². The van der Waals surface area contributed by atoms with Crippen LogP contribution in [0.3, 0.4) is 0 Å². The summed E-state index contributed by atoms with van der Waals surface area (Å²) in [7, 11) is 1.51. The molecular weight excluding hydrogens is 365 g/mol. The van der Waals surface area contributed by atoms with E-state index in [0.717, 1.165) is 12.1 Å². The van der Waals surface area contributed by atoms with Crippen molar-refractivity contribution in [2.75, 3.05) is 7.05 Å². The van der Waals surface area contributed by atoms with Crippen molar-refractivity contribution in [2.24, 2.45) is 0 Å². The van der Waals surface area contributed by atoms with E-state index in [-0.39, 0.29) is 23.5 Å². The molecule has 2 aromatic carbocycles. The highest BCUT2D eigenvalue weighted by Gasteiger charge is 2.30. The monoisotopic (exact) mass is 380 g/mol. The zero-order valence-electron chi connectivity index (χ0n) is 14.1. The number of carbonyl (C=O) groups is 1. The second kappa shape index (κ2) is 8.35. The van der Waals surface area contributed by atoms with Crippen LogP contribution in [-0.2, 0) is 11.3 Å². The molecule has 0 fully saturated rings. The molecule has 6 nitrogen and oxygen atoms in total. The van der Waals surface area contributed by atoms with Gasteiger partial charge in [-0.2, -0.15) is 0 Å². The summed E-state index contributed by atoms with van der Waals surface area (Å²) in [6, 6.07) is 11.1. The Balaban J connectivity index is 2.01. The Morgan fingerprint density at radius 1 is 1.19 bits per heavy atom. The lowest BCUT2D eigenvalue weighted by atomic mass is 10.1. The van der Waals surface area contributed by atoms with Crippen LogP contribution in [0.2, 0.25) is 0 Å². The summed E-state index contributed by atoms with van der Waals surface area (Å²) in [5.41, 5.74) is 0.766. The zero-order chi connectivity index (χ0) is 20.0. The first-order valence-corrected chi connectivity index (χ1v) is 7.67. The van der Waals surface area contributed by atoms with Crippen molar-refractivity contribution in [3.05, 3.63) is 75.8 Å². The second-order valence-electron chi connectivity index (χ2n) is 5.54. The van der Waals surface area contributed by atoms with E-state index in [9.17, 15) is 28.1 Å². The average Bonchev–Trinajstić information content (AvgIpc) is 2.60. The van der Waals surface area contributed by atoms with Crippen LogP contribution in [0.5, 0.6) is 5.75 Å². The number of para-hydroxylation sites is 1. The van der Waals surface area contributed by atoms with Crippen molar-refractivity contribution in [2.45, 2.75) is 12.9 Å². The molecule has 0 unspecified atom stereocenters. The Morgan fingerprint density at radius 2 is 1.81 bits per heavy atom. The van der Waals surface area contributed by atoms with Gasteiger partial charge < -0.3 is 9.64 Å². The van der Waals surface area contributed by atoms with E-state index in [1.807, 2.05) is 0 Å². The second-order valence-corrected chi connectivity index (χ2v) is 5.54. The van der Waals surface area contributed by atoms with Gasteiger partial charge in [0.15, 0.2) is 0 Å². The van der Waals surface area contributed by atoms with E-state index in [1.165, 1.54) is 54.4 Å². The molecule has 0 aromatic heterocycles. The van der Waals surface area contributed by atoms with Gasteiger partial charge in [-0.25, -0.2) is 0 Å². The Kier molecular flexibility index (Phi) is 6.17. The average molecular weight is 380 g/mol. The van der Waals surface area contributed by atoms with Crippen LogP contribution < -0.4 is 4.74 Å². The fourth-order valence-corrected chi connectivity index (χ4v) is 2.23. The Hall–Kier alpha value is -3.36. The molecule has 0 saturated heterocycles. The minimum Gasteiger partial charge on any atom is -0.406 e. The minimum absolute atomic E-state index is 0.121. The van der Waals surface area contributed by atoms with Crippen LogP contribution >= 0.6 is 0 Å². The maximum absolute atomic E-state index is 12.2. The first-order chi connectivity index (χ1) is 12.7. The molecule has 0 aliphatic heterocycles. The lowest BCUT2D eigenvalue weighted by molar-refractivity contribution is -0.385. The summed E-state index contributed by atoms with van der Waals surface area (Å²) < 4.78 is 40.2. The molecule has 0 aliphatic rings. The summed E-state index contributed by atoms with van der Waals surface area (Å²) in [5.74, 6) is -0.764. The number of nitro benzene ring substituents is 1. The van der Waals surface area contributed by atoms with Gasteiger partial charge in [0.1, 0.15) is 5.75 Å². The number of benzene rings is 2. The molecule has 27 heavy (non-hydrogen) atoms. The van der Waals surface area contributed by atoms with Gasteiger partial charge >= 0.3 is 6.36 Å². The molecule has 0 spiro atoms. The van der Waals surface area contributed by atoms with Crippen LogP contribution in [0, 0.1) is 10.1 Å². The Bertz CT molecular complexity index is 848. The minimum atomic E-state index is -4.76. The maximum atomic E-state index is 12.2. The van der Waals surface area contributed by atoms with Gasteiger partial charge in [0.05, 0.1) is 10.5 Å². The number of nitro groups is 1. The van der Waals surface area contributed by atoms with E-state index in [2.05, 4.69) is 4.74 Å². The number of alkyl halides is 3. The molecule has 0 heterocycles. The number of amides is 1. The van der Waals surface area contributed by atoms with E-state index in [1.54, 1.807) is 6.07 Å². The number of halogens is 3. The lowest BCUT2D eigenvalue weighted by Gasteiger charge is -2.16. The van der Waals surface area contributed by atoms with Gasteiger partial charge in [0.2, 0.25) is 5.91 Å². The topological polar surface area (TPSA) is 72.7 Å².